The number of aryl methyl sites for hydroxylation is 2. The molecule has 0 atom stereocenters. The third-order valence-corrected chi connectivity index (χ3v) is 6.28. The van der Waals surface area contributed by atoms with Crippen LogP contribution in [0.15, 0.2) is 58.5 Å². The van der Waals surface area contributed by atoms with E-state index in [1.165, 1.54) is 35.3 Å². The van der Waals surface area contributed by atoms with Gasteiger partial charge in [-0.05, 0) is 67.1 Å². The van der Waals surface area contributed by atoms with Crippen LogP contribution in [0.3, 0.4) is 0 Å². The number of fused-ring (bicyclic) bond motifs is 2. The molecule has 0 saturated heterocycles. The lowest BCUT2D eigenvalue weighted by Crippen LogP contribution is -2.16. The second-order valence-electron chi connectivity index (χ2n) is 6.50. The summed E-state index contributed by atoms with van der Waals surface area (Å²) in [6, 6.07) is 12.1. The maximum Gasteiger partial charge on any atom is 0.279 e. The number of hydrogen-bond donors (Lipinski definition) is 0. The number of benzene rings is 2. The standard InChI is InChI=1S/C21H19BrN2OS/c1-2-11-24-18-10-9-17(22)13-19(18)26-21(24)23-20(25)16-8-7-14-5-3-4-6-15(14)12-16/h2,7-10,12-13H,1,3-6,11H2. The molecule has 3 aromatic rings. The van der Waals surface area contributed by atoms with Crippen molar-refractivity contribution in [2.24, 2.45) is 4.99 Å². The largest absolute Gasteiger partial charge is 0.312 e. The highest BCUT2D eigenvalue weighted by atomic mass is 79.9. The first-order valence-corrected chi connectivity index (χ1v) is 10.4. The number of hydrogen-bond acceptors (Lipinski definition) is 2. The van der Waals surface area contributed by atoms with E-state index in [1.54, 1.807) is 0 Å². The molecule has 0 bridgehead atoms. The van der Waals surface area contributed by atoms with Crippen molar-refractivity contribution in [1.29, 1.82) is 0 Å². The molecule has 0 radical (unpaired) electrons. The first-order valence-electron chi connectivity index (χ1n) is 8.76. The Kier molecular flexibility index (Phi) is 4.92. The number of nitrogens with zero attached hydrogens (tertiary/aromatic N) is 2. The Hall–Kier alpha value is -1.98. The van der Waals surface area contributed by atoms with Gasteiger partial charge < -0.3 is 4.57 Å². The summed E-state index contributed by atoms with van der Waals surface area (Å²) < 4.78 is 4.15. The molecule has 3 nitrogen and oxygen atoms in total. The normalized spacial score (nSPS) is 14.4. The monoisotopic (exact) mass is 426 g/mol. The molecule has 1 aliphatic carbocycles. The molecule has 0 aliphatic heterocycles. The van der Waals surface area contributed by atoms with Crippen molar-refractivity contribution < 1.29 is 4.79 Å². The van der Waals surface area contributed by atoms with E-state index in [-0.39, 0.29) is 5.91 Å². The predicted octanol–water partition coefficient (Wildman–Crippen LogP) is 5.27. The third kappa shape index (κ3) is 3.33. The lowest BCUT2D eigenvalue weighted by atomic mass is 9.90. The van der Waals surface area contributed by atoms with E-state index >= 15 is 0 Å². The highest BCUT2D eigenvalue weighted by Crippen LogP contribution is 2.24. The fourth-order valence-corrected chi connectivity index (χ4v) is 5.05. The topological polar surface area (TPSA) is 34.4 Å². The maximum absolute atomic E-state index is 12.8. The van der Waals surface area contributed by atoms with Gasteiger partial charge in [0, 0.05) is 16.6 Å². The first kappa shape index (κ1) is 17.4. The molecule has 0 N–H and O–H groups in total. The van der Waals surface area contributed by atoms with E-state index < -0.39 is 0 Å². The number of halogens is 1. The fraction of sp³-hybridized carbons (Fsp3) is 0.238. The summed E-state index contributed by atoms with van der Waals surface area (Å²) in [6.07, 6.45) is 6.45. The number of aromatic nitrogens is 1. The van der Waals surface area contributed by atoms with Crippen molar-refractivity contribution in [2.75, 3.05) is 0 Å². The minimum atomic E-state index is -0.179. The van der Waals surface area contributed by atoms with Crippen molar-refractivity contribution >= 4 is 43.4 Å². The van der Waals surface area contributed by atoms with E-state index in [9.17, 15) is 4.79 Å². The number of carbonyl (C=O) groups is 1. The van der Waals surface area contributed by atoms with Crippen LogP contribution in [0.2, 0.25) is 0 Å². The predicted molar refractivity (Wildman–Crippen MR) is 111 cm³/mol. The zero-order valence-electron chi connectivity index (χ0n) is 14.4. The van der Waals surface area contributed by atoms with Crippen molar-refractivity contribution in [3.63, 3.8) is 0 Å². The Morgan fingerprint density at radius 3 is 2.81 bits per heavy atom. The van der Waals surface area contributed by atoms with Gasteiger partial charge in [-0.3, -0.25) is 4.79 Å². The lowest BCUT2D eigenvalue weighted by Gasteiger charge is -2.15. The quantitative estimate of drug-likeness (QED) is 0.525. The summed E-state index contributed by atoms with van der Waals surface area (Å²) in [4.78, 5) is 17.9. The first-order chi connectivity index (χ1) is 12.7. The number of rotatable bonds is 3. The van der Waals surface area contributed by atoms with Crippen LogP contribution in [0, 0.1) is 0 Å². The zero-order chi connectivity index (χ0) is 18.1. The van der Waals surface area contributed by atoms with Gasteiger partial charge in [0.25, 0.3) is 5.91 Å². The van der Waals surface area contributed by atoms with Crippen LogP contribution in [0.25, 0.3) is 10.2 Å². The number of allylic oxidation sites excluding steroid dienone is 1. The third-order valence-electron chi connectivity index (χ3n) is 4.75. The van der Waals surface area contributed by atoms with E-state index in [4.69, 9.17) is 0 Å². The van der Waals surface area contributed by atoms with Crippen LogP contribution < -0.4 is 4.80 Å². The van der Waals surface area contributed by atoms with Crippen LogP contribution in [-0.4, -0.2) is 10.5 Å². The molecule has 0 unspecified atom stereocenters. The van der Waals surface area contributed by atoms with Crippen LogP contribution in [-0.2, 0) is 19.4 Å². The molecule has 132 valence electrons. The molecule has 5 heteroatoms. The van der Waals surface area contributed by atoms with E-state index in [1.807, 2.05) is 34.9 Å². The second-order valence-corrected chi connectivity index (χ2v) is 8.43. The summed E-state index contributed by atoms with van der Waals surface area (Å²) in [5, 5.41) is 0. The summed E-state index contributed by atoms with van der Waals surface area (Å²) in [7, 11) is 0. The van der Waals surface area contributed by atoms with Crippen LogP contribution in [0.4, 0.5) is 0 Å². The fourth-order valence-electron chi connectivity index (χ4n) is 3.46. The lowest BCUT2D eigenvalue weighted by molar-refractivity contribution is 0.0997. The van der Waals surface area contributed by atoms with Gasteiger partial charge in [-0.15, -0.1) is 6.58 Å². The SMILES string of the molecule is C=CCn1c(=NC(=O)c2ccc3c(c2)CCCC3)sc2cc(Br)ccc21. The smallest absolute Gasteiger partial charge is 0.279 e. The molecule has 26 heavy (non-hydrogen) atoms. The molecule has 1 heterocycles. The molecule has 2 aromatic carbocycles. The Bertz CT molecular complexity index is 1080. The summed E-state index contributed by atoms with van der Waals surface area (Å²) in [5.41, 5.74) is 4.42. The summed E-state index contributed by atoms with van der Waals surface area (Å²) in [5.74, 6) is -0.179. The Morgan fingerprint density at radius 2 is 2.00 bits per heavy atom. The Balaban J connectivity index is 1.79. The van der Waals surface area contributed by atoms with Gasteiger partial charge in [-0.25, -0.2) is 0 Å². The minimum Gasteiger partial charge on any atom is -0.312 e. The van der Waals surface area contributed by atoms with Gasteiger partial charge in [0.15, 0.2) is 4.80 Å². The summed E-state index contributed by atoms with van der Waals surface area (Å²) in [6.45, 7) is 4.46. The van der Waals surface area contributed by atoms with Gasteiger partial charge in [0.05, 0.1) is 10.2 Å². The van der Waals surface area contributed by atoms with Gasteiger partial charge in [0.2, 0.25) is 0 Å². The van der Waals surface area contributed by atoms with Crippen molar-refractivity contribution in [2.45, 2.75) is 32.2 Å². The Labute approximate surface area is 164 Å². The van der Waals surface area contributed by atoms with E-state index in [0.717, 1.165) is 27.5 Å². The average Bonchev–Trinajstić information content (AvgIpc) is 2.98. The van der Waals surface area contributed by atoms with Crippen molar-refractivity contribution in [3.05, 3.63) is 75.0 Å². The van der Waals surface area contributed by atoms with Gasteiger partial charge in [-0.1, -0.05) is 39.4 Å². The van der Waals surface area contributed by atoms with Crippen LogP contribution in [0.5, 0.6) is 0 Å². The Morgan fingerprint density at radius 1 is 1.19 bits per heavy atom. The average molecular weight is 427 g/mol. The molecule has 4 rings (SSSR count). The van der Waals surface area contributed by atoms with E-state index in [0.29, 0.717) is 16.9 Å². The van der Waals surface area contributed by atoms with Gasteiger partial charge >= 0.3 is 0 Å². The van der Waals surface area contributed by atoms with Gasteiger partial charge in [-0.2, -0.15) is 4.99 Å². The second kappa shape index (κ2) is 7.33. The van der Waals surface area contributed by atoms with Crippen molar-refractivity contribution in [1.82, 2.24) is 4.57 Å². The maximum atomic E-state index is 12.8. The highest BCUT2D eigenvalue weighted by Gasteiger charge is 2.13. The molecule has 0 spiro atoms. The zero-order valence-corrected chi connectivity index (χ0v) is 16.8. The molecule has 1 aliphatic rings. The summed E-state index contributed by atoms with van der Waals surface area (Å²) >= 11 is 5.03. The number of carbonyl (C=O) groups excluding carboxylic acids is 1. The highest BCUT2D eigenvalue weighted by molar-refractivity contribution is 9.10. The molecule has 0 saturated carbocycles. The molecular weight excluding hydrogens is 408 g/mol. The molecule has 0 fully saturated rings. The van der Waals surface area contributed by atoms with Crippen molar-refractivity contribution in [3.8, 4) is 0 Å². The number of thiazole rings is 1. The molecular formula is C21H19BrN2OS. The van der Waals surface area contributed by atoms with E-state index in [2.05, 4.69) is 39.6 Å². The van der Waals surface area contributed by atoms with Gasteiger partial charge in [0.1, 0.15) is 0 Å². The molecule has 1 aromatic heterocycles. The van der Waals surface area contributed by atoms with Crippen LogP contribution in [0.1, 0.15) is 34.3 Å². The molecule has 1 amide bonds. The number of amides is 1. The minimum absolute atomic E-state index is 0.179. The van der Waals surface area contributed by atoms with Crippen LogP contribution >= 0.6 is 27.3 Å².